The Balaban J connectivity index is 2.01. The van der Waals surface area contributed by atoms with E-state index in [9.17, 15) is 4.79 Å². The van der Waals surface area contributed by atoms with Crippen LogP contribution in [0.3, 0.4) is 0 Å². The largest absolute Gasteiger partial charge is 0.469 e. The van der Waals surface area contributed by atoms with Gasteiger partial charge in [-0.2, -0.15) is 0 Å². The Morgan fingerprint density at radius 2 is 1.93 bits per heavy atom. The highest BCUT2D eigenvalue weighted by Gasteiger charge is 2.32. The predicted molar refractivity (Wildman–Crippen MR) is 110 cm³/mol. The molecule has 3 heterocycles. The summed E-state index contributed by atoms with van der Waals surface area (Å²) < 4.78 is 6.91. The van der Waals surface area contributed by atoms with Crippen molar-refractivity contribution in [2.45, 2.75) is 33.2 Å². The lowest BCUT2D eigenvalue weighted by molar-refractivity contribution is -0.141. The van der Waals surface area contributed by atoms with Crippen molar-refractivity contribution in [1.29, 1.82) is 0 Å². The summed E-state index contributed by atoms with van der Waals surface area (Å²) in [6.07, 6.45) is 0.0959. The highest BCUT2D eigenvalue weighted by atomic mass is 35.5. The number of nitrogens with zero attached hydrogens (tertiary/aromatic N) is 4. The Morgan fingerprint density at radius 3 is 2.61 bits per heavy atom. The molecule has 144 valence electrons. The fraction of sp³-hybridized carbons (Fsp3) is 0.300. The van der Waals surface area contributed by atoms with Crippen molar-refractivity contribution in [3.05, 3.63) is 62.5 Å². The number of esters is 1. The molecule has 1 atom stereocenters. The lowest BCUT2D eigenvalue weighted by atomic mass is 9.99. The van der Waals surface area contributed by atoms with Crippen molar-refractivity contribution in [3.8, 4) is 5.00 Å². The minimum absolute atomic E-state index is 0.0959. The molecule has 1 aliphatic rings. The molecule has 1 aromatic carbocycles. The second-order valence-electron chi connectivity index (χ2n) is 6.68. The molecule has 3 aromatic rings. The number of aliphatic imine (C=N–C) groups is 1. The van der Waals surface area contributed by atoms with E-state index < -0.39 is 6.04 Å². The summed E-state index contributed by atoms with van der Waals surface area (Å²) in [6.45, 7) is 6.10. The minimum Gasteiger partial charge on any atom is -0.469 e. The number of halogens is 1. The van der Waals surface area contributed by atoms with Crippen molar-refractivity contribution in [2.24, 2.45) is 4.99 Å². The number of aromatic nitrogens is 3. The number of carbonyl (C=O) groups is 1. The van der Waals surface area contributed by atoms with Gasteiger partial charge in [-0.25, -0.2) is 0 Å². The number of carbonyl (C=O) groups excluding carboxylic acids is 1. The number of thiophene rings is 1. The first-order valence-corrected chi connectivity index (χ1v) is 10.0. The fourth-order valence-corrected chi connectivity index (χ4v) is 4.71. The third-order valence-electron chi connectivity index (χ3n) is 4.94. The molecule has 0 saturated carbocycles. The summed E-state index contributed by atoms with van der Waals surface area (Å²) in [7, 11) is 1.38. The molecule has 0 fully saturated rings. The molecule has 0 amide bonds. The van der Waals surface area contributed by atoms with Crippen LogP contribution in [0.1, 0.15) is 45.7 Å². The van der Waals surface area contributed by atoms with Crippen LogP contribution in [0.2, 0.25) is 5.02 Å². The maximum Gasteiger partial charge on any atom is 0.308 e. The van der Waals surface area contributed by atoms with Crippen molar-refractivity contribution in [1.82, 2.24) is 14.8 Å². The molecule has 0 radical (unpaired) electrons. The number of rotatable bonds is 3. The summed E-state index contributed by atoms with van der Waals surface area (Å²) >= 11 is 7.77. The third kappa shape index (κ3) is 3.04. The van der Waals surface area contributed by atoms with Crippen LogP contribution in [-0.2, 0) is 9.53 Å². The van der Waals surface area contributed by atoms with Crippen LogP contribution in [0, 0.1) is 20.8 Å². The Labute approximate surface area is 171 Å². The van der Waals surface area contributed by atoms with E-state index in [0.717, 1.165) is 33.2 Å². The van der Waals surface area contributed by atoms with Crippen LogP contribution in [0.25, 0.3) is 5.00 Å². The Morgan fingerprint density at radius 1 is 1.21 bits per heavy atom. The summed E-state index contributed by atoms with van der Waals surface area (Å²) in [4.78, 5) is 18.3. The average Bonchev–Trinajstić information content (AvgIpc) is 3.15. The molecule has 2 aromatic heterocycles. The number of hydrogen-bond donors (Lipinski definition) is 0. The van der Waals surface area contributed by atoms with Crippen LogP contribution >= 0.6 is 22.9 Å². The summed E-state index contributed by atoms with van der Waals surface area (Å²) in [6, 6.07) is 7.11. The van der Waals surface area contributed by atoms with Crippen molar-refractivity contribution in [3.63, 3.8) is 0 Å². The van der Waals surface area contributed by atoms with Crippen molar-refractivity contribution < 1.29 is 9.53 Å². The van der Waals surface area contributed by atoms with E-state index in [0.29, 0.717) is 10.8 Å². The summed E-state index contributed by atoms with van der Waals surface area (Å²) in [5.74, 6) is 1.07. The maximum absolute atomic E-state index is 12.1. The maximum atomic E-state index is 12.1. The van der Waals surface area contributed by atoms with E-state index in [4.69, 9.17) is 21.3 Å². The van der Waals surface area contributed by atoms with Gasteiger partial charge in [0.25, 0.3) is 0 Å². The van der Waals surface area contributed by atoms with Crippen molar-refractivity contribution in [2.75, 3.05) is 7.11 Å². The van der Waals surface area contributed by atoms with E-state index in [1.165, 1.54) is 12.0 Å². The monoisotopic (exact) mass is 414 g/mol. The normalized spacial score (nSPS) is 15.5. The fourth-order valence-electron chi connectivity index (χ4n) is 3.37. The van der Waals surface area contributed by atoms with Crippen LogP contribution in [0.15, 0.2) is 29.3 Å². The predicted octanol–water partition coefficient (Wildman–Crippen LogP) is 4.36. The third-order valence-corrected chi connectivity index (χ3v) is 6.39. The van der Waals surface area contributed by atoms with Gasteiger partial charge in [-0.05, 0) is 38.5 Å². The highest BCUT2D eigenvalue weighted by molar-refractivity contribution is 7.15. The van der Waals surface area contributed by atoms with E-state index in [2.05, 4.69) is 24.0 Å². The van der Waals surface area contributed by atoms with E-state index in [1.54, 1.807) is 11.3 Å². The molecule has 1 aliphatic heterocycles. The van der Waals surface area contributed by atoms with Gasteiger partial charge >= 0.3 is 5.97 Å². The first-order chi connectivity index (χ1) is 13.4. The zero-order valence-electron chi connectivity index (χ0n) is 16.0. The average molecular weight is 415 g/mol. The van der Waals surface area contributed by atoms with Crippen LogP contribution in [0.5, 0.6) is 0 Å². The summed E-state index contributed by atoms with van der Waals surface area (Å²) in [5, 5.41) is 10.3. The minimum atomic E-state index is -0.487. The smallest absolute Gasteiger partial charge is 0.308 e. The first kappa shape index (κ1) is 18.8. The van der Waals surface area contributed by atoms with E-state index in [1.807, 2.05) is 35.8 Å². The zero-order chi connectivity index (χ0) is 20.0. The highest BCUT2D eigenvalue weighted by Crippen LogP contribution is 2.39. The molecule has 0 N–H and O–H groups in total. The molecule has 28 heavy (non-hydrogen) atoms. The Hall–Kier alpha value is -2.51. The Bertz CT molecular complexity index is 1100. The van der Waals surface area contributed by atoms with Crippen LogP contribution < -0.4 is 0 Å². The van der Waals surface area contributed by atoms with Crippen LogP contribution in [0.4, 0.5) is 0 Å². The Kier molecular flexibility index (Phi) is 4.81. The number of hydrogen-bond acceptors (Lipinski definition) is 6. The quantitative estimate of drug-likeness (QED) is 0.597. The molecule has 4 rings (SSSR count). The van der Waals surface area contributed by atoms with Gasteiger partial charge in [-0.3, -0.25) is 14.4 Å². The SMILES string of the molecule is COC(=O)C[C@@H]1N=C(c2ccc(Cl)cc2)c2c(sc(C)c2C)-n2c(C)nnc21. The first-order valence-electron chi connectivity index (χ1n) is 8.84. The summed E-state index contributed by atoms with van der Waals surface area (Å²) in [5.41, 5.74) is 3.97. The molecule has 0 bridgehead atoms. The van der Waals surface area contributed by atoms with Gasteiger partial charge in [0.05, 0.1) is 19.2 Å². The molecular formula is C20H19ClN4O2S. The van der Waals surface area contributed by atoms with Gasteiger partial charge in [-0.1, -0.05) is 23.7 Å². The topological polar surface area (TPSA) is 69.4 Å². The molecule has 0 unspecified atom stereocenters. The molecule has 0 spiro atoms. The number of aryl methyl sites for hydroxylation is 2. The van der Waals surface area contributed by atoms with Gasteiger partial charge < -0.3 is 4.74 Å². The van der Waals surface area contributed by atoms with Crippen molar-refractivity contribution >= 4 is 34.6 Å². The molecular weight excluding hydrogens is 396 g/mol. The molecule has 6 nitrogen and oxygen atoms in total. The number of fused-ring (bicyclic) bond motifs is 3. The number of benzene rings is 1. The second-order valence-corrected chi connectivity index (χ2v) is 8.32. The van der Waals surface area contributed by atoms with Crippen LogP contribution in [-0.4, -0.2) is 33.6 Å². The van der Waals surface area contributed by atoms with Gasteiger partial charge in [0, 0.05) is 21.0 Å². The van der Waals surface area contributed by atoms with Gasteiger partial charge in [0.2, 0.25) is 0 Å². The molecule has 8 heteroatoms. The van der Waals surface area contributed by atoms with E-state index >= 15 is 0 Å². The number of methoxy groups -OCH3 is 1. The second kappa shape index (κ2) is 7.14. The lowest BCUT2D eigenvalue weighted by Crippen LogP contribution is -2.12. The number of ether oxygens (including phenoxy) is 1. The molecule has 0 saturated heterocycles. The molecule has 0 aliphatic carbocycles. The van der Waals surface area contributed by atoms with Gasteiger partial charge in [-0.15, -0.1) is 21.5 Å². The lowest BCUT2D eigenvalue weighted by Gasteiger charge is -2.11. The van der Waals surface area contributed by atoms with Gasteiger partial charge in [0.1, 0.15) is 16.9 Å². The zero-order valence-corrected chi connectivity index (χ0v) is 17.6. The van der Waals surface area contributed by atoms with E-state index in [-0.39, 0.29) is 12.4 Å². The van der Waals surface area contributed by atoms with Gasteiger partial charge in [0.15, 0.2) is 5.82 Å². The standard InChI is InChI=1S/C20H19ClN4O2S/c1-10-11(2)28-20-17(10)18(13-5-7-14(21)8-6-13)22-15(9-16(26)27-4)19-24-23-12(3)25(19)20/h5-8,15H,9H2,1-4H3/t15-/m0/s1.